The fourth-order valence-corrected chi connectivity index (χ4v) is 2.69. The number of esters is 1. The molecule has 0 radical (unpaired) electrons. The molecule has 1 aliphatic heterocycles. The lowest BCUT2D eigenvalue weighted by atomic mass is 10.2. The van der Waals surface area contributed by atoms with Gasteiger partial charge in [-0.3, -0.25) is 9.69 Å². The SMILES string of the molecule is CCOC(=O)CCCN1CCN(c2ccc(Cl)cc2)CC1. The Morgan fingerprint density at radius 1 is 1.19 bits per heavy atom. The van der Waals surface area contributed by atoms with Crippen molar-refractivity contribution in [2.75, 3.05) is 44.2 Å². The molecular weight excluding hydrogens is 288 g/mol. The first-order chi connectivity index (χ1) is 10.2. The van der Waals surface area contributed by atoms with Crippen LogP contribution < -0.4 is 4.90 Å². The highest BCUT2D eigenvalue weighted by Gasteiger charge is 2.17. The number of anilines is 1. The highest BCUT2D eigenvalue weighted by atomic mass is 35.5. The minimum absolute atomic E-state index is 0.0858. The maximum atomic E-state index is 11.3. The Hall–Kier alpha value is -1.26. The summed E-state index contributed by atoms with van der Waals surface area (Å²) in [6, 6.07) is 8.00. The largest absolute Gasteiger partial charge is 0.466 e. The van der Waals surface area contributed by atoms with E-state index in [1.54, 1.807) is 0 Å². The van der Waals surface area contributed by atoms with E-state index in [1.165, 1.54) is 5.69 Å². The first-order valence-electron chi connectivity index (χ1n) is 7.57. The Morgan fingerprint density at radius 3 is 2.48 bits per heavy atom. The molecule has 1 aromatic carbocycles. The number of ether oxygens (including phenoxy) is 1. The molecule has 0 aliphatic carbocycles. The molecule has 1 aromatic rings. The molecule has 0 N–H and O–H groups in total. The molecule has 0 aromatic heterocycles. The van der Waals surface area contributed by atoms with Crippen molar-refractivity contribution >= 4 is 23.3 Å². The smallest absolute Gasteiger partial charge is 0.305 e. The number of carbonyl (C=O) groups is 1. The van der Waals surface area contributed by atoms with Crippen molar-refractivity contribution < 1.29 is 9.53 Å². The average Bonchev–Trinajstić information content (AvgIpc) is 2.49. The summed E-state index contributed by atoms with van der Waals surface area (Å²) in [6.45, 7) is 7.37. The van der Waals surface area contributed by atoms with E-state index in [0.29, 0.717) is 13.0 Å². The van der Waals surface area contributed by atoms with Gasteiger partial charge >= 0.3 is 5.97 Å². The van der Waals surface area contributed by atoms with Gasteiger partial charge < -0.3 is 9.64 Å². The Labute approximate surface area is 131 Å². The van der Waals surface area contributed by atoms with Crippen LogP contribution in [0, 0.1) is 0 Å². The van der Waals surface area contributed by atoms with E-state index in [2.05, 4.69) is 21.9 Å². The van der Waals surface area contributed by atoms with Crippen LogP contribution in [-0.2, 0) is 9.53 Å². The van der Waals surface area contributed by atoms with Gasteiger partial charge in [-0.25, -0.2) is 0 Å². The zero-order valence-corrected chi connectivity index (χ0v) is 13.3. The van der Waals surface area contributed by atoms with Crippen molar-refractivity contribution in [3.63, 3.8) is 0 Å². The summed E-state index contributed by atoms with van der Waals surface area (Å²) in [7, 11) is 0. The number of halogens is 1. The molecule has 0 amide bonds. The van der Waals surface area contributed by atoms with Gasteiger partial charge in [-0.1, -0.05) is 11.6 Å². The summed E-state index contributed by atoms with van der Waals surface area (Å²) in [5.41, 5.74) is 1.23. The van der Waals surface area contributed by atoms with E-state index >= 15 is 0 Å². The Morgan fingerprint density at radius 2 is 1.86 bits per heavy atom. The average molecular weight is 311 g/mol. The number of nitrogens with zero attached hydrogens (tertiary/aromatic N) is 2. The predicted molar refractivity (Wildman–Crippen MR) is 86.0 cm³/mol. The molecule has 2 rings (SSSR count). The van der Waals surface area contributed by atoms with Crippen molar-refractivity contribution in [1.82, 2.24) is 4.90 Å². The molecule has 0 unspecified atom stereocenters. The van der Waals surface area contributed by atoms with Gasteiger partial charge in [-0.2, -0.15) is 0 Å². The van der Waals surface area contributed by atoms with E-state index in [4.69, 9.17) is 16.3 Å². The standard InChI is InChI=1S/C16H23ClN2O2/c1-2-21-16(20)4-3-9-18-10-12-19(13-11-18)15-7-5-14(17)6-8-15/h5-8H,2-4,9-13H2,1H3. The van der Waals surface area contributed by atoms with Crippen LogP contribution in [0.1, 0.15) is 19.8 Å². The molecule has 0 bridgehead atoms. The molecule has 1 fully saturated rings. The number of hydrogen-bond donors (Lipinski definition) is 0. The molecule has 0 atom stereocenters. The highest BCUT2D eigenvalue weighted by molar-refractivity contribution is 6.30. The van der Waals surface area contributed by atoms with Gasteiger partial charge in [-0.15, -0.1) is 0 Å². The number of rotatable bonds is 6. The van der Waals surface area contributed by atoms with Gasteiger partial charge in [0.2, 0.25) is 0 Å². The third-order valence-corrected chi connectivity index (χ3v) is 3.98. The number of hydrogen-bond acceptors (Lipinski definition) is 4. The second kappa shape index (κ2) is 8.25. The fraction of sp³-hybridized carbons (Fsp3) is 0.562. The van der Waals surface area contributed by atoms with Crippen molar-refractivity contribution in [2.45, 2.75) is 19.8 Å². The van der Waals surface area contributed by atoms with Gasteiger partial charge in [0.1, 0.15) is 0 Å². The summed E-state index contributed by atoms with van der Waals surface area (Å²) < 4.78 is 4.94. The van der Waals surface area contributed by atoms with Crippen LogP contribution in [0.2, 0.25) is 5.02 Å². The number of piperazine rings is 1. The predicted octanol–water partition coefficient (Wildman–Crippen LogP) is 2.81. The van der Waals surface area contributed by atoms with Gasteiger partial charge in [0, 0.05) is 43.3 Å². The highest BCUT2D eigenvalue weighted by Crippen LogP contribution is 2.19. The first-order valence-corrected chi connectivity index (χ1v) is 7.95. The van der Waals surface area contributed by atoms with E-state index in [9.17, 15) is 4.79 Å². The van der Waals surface area contributed by atoms with Crippen molar-refractivity contribution in [3.05, 3.63) is 29.3 Å². The minimum atomic E-state index is -0.0858. The van der Waals surface area contributed by atoms with Crippen LogP contribution in [0.15, 0.2) is 24.3 Å². The Balaban J connectivity index is 1.68. The quantitative estimate of drug-likeness (QED) is 0.756. The Kier molecular flexibility index (Phi) is 6.33. The van der Waals surface area contributed by atoms with Crippen LogP contribution in [0.25, 0.3) is 0 Å². The van der Waals surface area contributed by atoms with Crippen LogP contribution in [0.4, 0.5) is 5.69 Å². The molecule has 0 saturated carbocycles. The van der Waals surface area contributed by atoms with E-state index in [1.807, 2.05) is 19.1 Å². The molecule has 21 heavy (non-hydrogen) atoms. The van der Waals surface area contributed by atoms with Gasteiger partial charge in [0.05, 0.1) is 6.61 Å². The summed E-state index contributed by atoms with van der Waals surface area (Å²) in [4.78, 5) is 16.1. The summed E-state index contributed by atoms with van der Waals surface area (Å²) in [6.07, 6.45) is 1.39. The van der Waals surface area contributed by atoms with Gasteiger partial charge in [0.25, 0.3) is 0 Å². The topological polar surface area (TPSA) is 32.8 Å². The summed E-state index contributed by atoms with van der Waals surface area (Å²) in [5.74, 6) is -0.0858. The van der Waals surface area contributed by atoms with Crippen molar-refractivity contribution in [3.8, 4) is 0 Å². The lowest BCUT2D eigenvalue weighted by Gasteiger charge is -2.36. The maximum Gasteiger partial charge on any atom is 0.305 e. The second-order valence-electron chi connectivity index (χ2n) is 5.21. The van der Waals surface area contributed by atoms with Gasteiger partial charge in [0.15, 0.2) is 0 Å². The Bertz CT molecular complexity index is 442. The lowest BCUT2D eigenvalue weighted by molar-refractivity contribution is -0.143. The first kappa shape index (κ1) is 16.1. The van der Waals surface area contributed by atoms with Gasteiger partial charge in [-0.05, 0) is 44.2 Å². The third-order valence-electron chi connectivity index (χ3n) is 3.72. The number of benzene rings is 1. The number of carbonyl (C=O) groups excluding carboxylic acids is 1. The molecule has 0 spiro atoms. The molecule has 1 heterocycles. The summed E-state index contributed by atoms with van der Waals surface area (Å²) >= 11 is 5.91. The minimum Gasteiger partial charge on any atom is -0.466 e. The molecule has 4 nitrogen and oxygen atoms in total. The van der Waals surface area contributed by atoms with E-state index in [-0.39, 0.29) is 5.97 Å². The van der Waals surface area contributed by atoms with E-state index in [0.717, 1.165) is 44.2 Å². The molecule has 5 heteroatoms. The second-order valence-corrected chi connectivity index (χ2v) is 5.65. The lowest BCUT2D eigenvalue weighted by Crippen LogP contribution is -2.46. The maximum absolute atomic E-state index is 11.3. The monoisotopic (exact) mass is 310 g/mol. The van der Waals surface area contributed by atoms with E-state index < -0.39 is 0 Å². The molecular formula is C16H23ClN2O2. The molecule has 1 aliphatic rings. The van der Waals surface area contributed by atoms with Crippen LogP contribution in [-0.4, -0.2) is 50.2 Å². The zero-order valence-electron chi connectivity index (χ0n) is 12.6. The zero-order chi connectivity index (χ0) is 15.1. The molecule has 116 valence electrons. The fourth-order valence-electron chi connectivity index (χ4n) is 2.56. The van der Waals surface area contributed by atoms with Crippen LogP contribution in [0.3, 0.4) is 0 Å². The van der Waals surface area contributed by atoms with Crippen molar-refractivity contribution in [1.29, 1.82) is 0 Å². The third kappa shape index (κ3) is 5.21. The summed E-state index contributed by atoms with van der Waals surface area (Å²) in [5, 5.41) is 0.774. The normalized spacial score (nSPS) is 16.0. The van der Waals surface area contributed by atoms with Crippen LogP contribution >= 0.6 is 11.6 Å². The van der Waals surface area contributed by atoms with Crippen molar-refractivity contribution in [2.24, 2.45) is 0 Å². The molecule has 1 saturated heterocycles. The van der Waals surface area contributed by atoms with Crippen LogP contribution in [0.5, 0.6) is 0 Å².